The molecule has 0 aromatic heterocycles. The Morgan fingerprint density at radius 3 is 1.30 bits per heavy atom. The Hall–Kier alpha value is -5.07. The standard InChI is InChI=1S/C18H24B2N2O7.C13H13B2NO6.CHBO/c1-21(2)5-6-22(3)18(25)29-15-13(10-27-16(19)23)7-12(9-26-4)8-14(15)11-28-17(20)24;1-20-4-8-2-9(5-21-12(14)18)11(16-7-17)10(3-8)6-22-13(15)19;2-1-3/h7-8H,5-6,9-11H2,1-4H3;2-3,7H,4-6H2,1H3,(H,16,17);1H. The van der Waals surface area contributed by atoms with Gasteiger partial charge in [0.15, 0.2) is 7.85 Å². The van der Waals surface area contributed by atoms with Crippen molar-refractivity contribution in [1.29, 1.82) is 0 Å². The summed E-state index contributed by atoms with van der Waals surface area (Å²) in [6.45, 7) is 0.736. The highest BCUT2D eigenvalue weighted by atomic mass is 16.6. The number of ether oxygens (including phenoxy) is 7. The van der Waals surface area contributed by atoms with Crippen LogP contribution < -0.4 is 10.1 Å². The normalized spacial score (nSPS) is 9.89. The number of carbonyl (C=O) groups excluding carboxylic acids is 7. The van der Waals surface area contributed by atoms with E-state index in [1.54, 1.807) is 31.3 Å². The van der Waals surface area contributed by atoms with Crippen LogP contribution in [0.5, 0.6) is 5.75 Å². The molecule has 2 aromatic rings. The van der Waals surface area contributed by atoms with E-state index in [0.717, 1.165) is 5.56 Å². The average Bonchev–Trinajstić information content (AvgIpc) is 3.09. The molecule has 1 N–H and O–H groups in total. The molecule has 0 atom stereocenters. The van der Waals surface area contributed by atoms with Crippen LogP contribution in [-0.2, 0) is 77.7 Å². The number of hydrogen-bond acceptors (Lipinski definition) is 15. The first-order chi connectivity index (χ1) is 25.5. The van der Waals surface area contributed by atoms with Crippen molar-refractivity contribution >= 4 is 87.1 Å². The van der Waals surface area contributed by atoms with E-state index < -0.39 is 29.6 Å². The molecule has 0 fully saturated rings. The van der Waals surface area contributed by atoms with Crippen LogP contribution in [0.3, 0.4) is 0 Å². The van der Waals surface area contributed by atoms with Crippen LogP contribution >= 0.6 is 0 Å². The Labute approximate surface area is 320 Å². The fourth-order valence-electron chi connectivity index (χ4n) is 4.19. The molecule has 0 aliphatic carbocycles. The lowest BCUT2D eigenvalue weighted by Gasteiger charge is -2.22. The monoisotopic (exact) mass is 743 g/mol. The van der Waals surface area contributed by atoms with Gasteiger partial charge in [0.25, 0.3) is 0 Å². The number of methoxy groups -OCH3 is 2. The third-order valence-corrected chi connectivity index (χ3v) is 6.35. The van der Waals surface area contributed by atoms with Crippen molar-refractivity contribution in [2.75, 3.05) is 53.8 Å². The Bertz CT molecular complexity index is 1490. The summed E-state index contributed by atoms with van der Waals surface area (Å²) in [7, 11) is 32.5. The largest absolute Gasteiger partial charge is 0.470 e. The first kappa shape index (κ1) is 48.9. The second kappa shape index (κ2) is 27.5. The number of likely N-dealkylation sites (N-methyl/N-ethyl adjacent to an activating group) is 2. The van der Waals surface area contributed by atoms with Gasteiger partial charge in [0.2, 0.25) is 61.3 Å². The predicted octanol–water partition coefficient (Wildman–Crippen LogP) is 1.79. The van der Waals surface area contributed by atoms with Crippen LogP contribution in [0.4, 0.5) is 29.7 Å². The van der Waals surface area contributed by atoms with E-state index in [-0.39, 0.29) is 51.6 Å². The molecule has 0 heterocycles. The van der Waals surface area contributed by atoms with E-state index in [1.807, 2.05) is 19.0 Å². The molecule has 0 saturated heterocycles. The Balaban J connectivity index is 0.000001000. The molecule has 0 saturated carbocycles. The second-order valence-electron chi connectivity index (χ2n) is 10.8. The lowest BCUT2D eigenvalue weighted by atomic mass is 10.0. The van der Waals surface area contributed by atoms with Gasteiger partial charge < -0.3 is 53.1 Å². The Morgan fingerprint density at radius 2 is 0.981 bits per heavy atom. The Morgan fingerprint density at radius 1 is 0.630 bits per heavy atom. The van der Waals surface area contributed by atoms with Gasteiger partial charge in [0.1, 0.15) is 32.2 Å². The zero-order chi connectivity index (χ0) is 41.2. The summed E-state index contributed by atoms with van der Waals surface area (Å²) < 4.78 is 34.9. The van der Waals surface area contributed by atoms with E-state index >= 15 is 0 Å². The first-order valence-electron chi connectivity index (χ1n) is 15.4. The van der Waals surface area contributed by atoms with Crippen LogP contribution in [0.1, 0.15) is 33.4 Å². The molecule has 22 heteroatoms. The summed E-state index contributed by atoms with van der Waals surface area (Å²) in [5.41, 5.74) is 3.42. The summed E-state index contributed by atoms with van der Waals surface area (Å²) in [5.74, 6) is -3.79. The molecule has 2 amide bonds. The molecular formula is C32H38B5N3O14. The van der Waals surface area contributed by atoms with Crippen LogP contribution in [0, 0.1) is 0 Å². The molecule has 17 nitrogen and oxygen atoms in total. The maximum absolute atomic E-state index is 12.5. The van der Waals surface area contributed by atoms with Gasteiger partial charge in [-0.25, -0.2) is 4.79 Å². The molecule has 2 rings (SSSR count). The molecule has 54 heavy (non-hydrogen) atoms. The van der Waals surface area contributed by atoms with Crippen molar-refractivity contribution in [3.63, 3.8) is 0 Å². The third kappa shape index (κ3) is 20.8. The number of carbonyl (C=O) groups is 7. The number of nitrogens with one attached hydrogen (secondary N) is 1. The fraction of sp³-hybridized carbons (Fsp3) is 0.406. The SMILES string of the molecule is [B]C(=O)OCc1cc(COC)cc(COC([B])=O)c1NC=O.[B]C(=O)OCc1cc(COC)cc(COC([B])=O)c1OC(=O)N(C)CCN(C)C.[B]C=O. The minimum absolute atomic E-state index is 0.0917. The highest BCUT2D eigenvalue weighted by molar-refractivity contribution is 6.55. The van der Waals surface area contributed by atoms with Crippen molar-refractivity contribution in [3.8, 4) is 5.75 Å². The lowest BCUT2D eigenvalue weighted by Crippen LogP contribution is -2.35. The number of rotatable bonds is 18. The zero-order valence-corrected chi connectivity index (χ0v) is 30.6. The fourth-order valence-corrected chi connectivity index (χ4v) is 4.19. The van der Waals surface area contributed by atoms with Crippen LogP contribution in [0.15, 0.2) is 24.3 Å². The molecule has 0 spiro atoms. The van der Waals surface area contributed by atoms with Crippen molar-refractivity contribution in [2.45, 2.75) is 39.6 Å². The average molecular weight is 743 g/mol. The summed E-state index contributed by atoms with van der Waals surface area (Å²) >= 11 is 0. The lowest BCUT2D eigenvalue weighted by molar-refractivity contribution is -0.105. The van der Waals surface area contributed by atoms with Crippen molar-refractivity contribution in [2.24, 2.45) is 0 Å². The van der Waals surface area contributed by atoms with Crippen molar-refractivity contribution in [1.82, 2.24) is 9.80 Å². The molecule has 280 valence electrons. The van der Waals surface area contributed by atoms with E-state index in [0.29, 0.717) is 53.0 Å². The summed E-state index contributed by atoms with van der Waals surface area (Å²) in [4.78, 5) is 78.8. The van der Waals surface area contributed by atoms with Crippen molar-refractivity contribution in [3.05, 3.63) is 57.6 Å². The van der Waals surface area contributed by atoms with E-state index in [1.165, 1.54) is 19.1 Å². The van der Waals surface area contributed by atoms with Gasteiger partial charge in [-0.1, -0.05) is 0 Å². The summed E-state index contributed by atoms with van der Waals surface area (Å²) in [6, 6.07) is 6.63. The van der Waals surface area contributed by atoms with Gasteiger partial charge in [-0.3, -0.25) is 24.0 Å². The molecule has 0 unspecified atom stereocenters. The van der Waals surface area contributed by atoms with E-state index in [9.17, 15) is 28.8 Å². The number of anilines is 1. The topological polar surface area (TPSA) is 203 Å². The smallest absolute Gasteiger partial charge is 0.415 e. The van der Waals surface area contributed by atoms with Crippen LogP contribution in [-0.4, -0.2) is 140 Å². The second-order valence-corrected chi connectivity index (χ2v) is 10.8. The first-order valence-corrected chi connectivity index (χ1v) is 15.4. The summed E-state index contributed by atoms with van der Waals surface area (Å²) in [6.07, 6.45) is 0.0688. The van der Waals surface area contributed by atoms with Crippen LogP contribution in [0.25, 0.3) is 0 Å². The summed E-state index contributed by atoms with van der Waals surface area (Å²) in [5, 5.41) is 2.48. The predicted molar refractivity (Wildman–Crippen MR) is 197 cm³/mol. The molecule has 2 aromatic carbocycles. The quantitative estimate of drug-likeness (QED) is 0.131. The van der Waals surface area contributed by atoms with Crippen LogP contribution in [0.2, 0.25) is 0 Å². The number of amides is 2. The maximum Gasteiger partial charge on any atom is 0.415 e. The minimum Gasteiger partial charge on any atom is -0.470 e. The number of hydrogen-bond donors (Lipinski definition) is 1. The number of benzene rings is 2. The molecule has 0 bridgehead atoms. The van der Waals surface area contributed by atoms with Gasteiger partial charge in [-0.05, 0) is 49.5 Å². The highest BCUT2D eigenvalue weighted by Gasteiger charge is 2.20. The molecule has 10 radical (unpaired) electrons. The molecule has 0 aliphatic heterocycles. The van der Waals surface area contributed by atoms with Gasteiger partial charge in [0, 0.05) is 56.6 Å². The van der Waals surface area contributed by atoms with E-state index in [4.69, 9.17) is 69.3 Å². The maximum atomic E-state index is 12.5. The van der Waals surface area contributed by atoms with Gasteiger partial charge in [-0.15, -0.1) is 0 Å². The third-order valence-electron chi connectivity index (χ3n) is 6.35. The number of nitrogens with zero attached hydrogens (tertiary/aromatic N) is 2. The molecular weight excluding hydrogens is 704 g/mol. The highest BCUT2D eigenvalue weighted by Crippen LogP contribution is 2.29. The Kier molecular flexibility index (Phi) is 24.9. The van der Waals surface area contributed by atoms with Gasteiger partial charge in [0.05, 0.1) is 25.1 Å². The van der Waals surface area contributed by atoms with Gasteiger partial charge >= 0.3 is 6.09 Å². The van der Waals surface area contributed by atoms with Crippen molar-refractivity contribution < 1.29 is 66.7 Å². The van der Waals surface area contributed by atoms with E-state index in [2.05, 4.69) is 13.2 Å². The molecule has 0 aliphatic rings. The van der Waals surface area contributed by atoms with Gasteiger partial charge in [-0.2, -0.15) is 0 Å². The zero-order valence-electron chi connectivity index (χ0n) is 30.6. The minimum atomic E-state index is -0.988.